The SMILES string of the molecule is [C-]#[N+]c1cncc(-c2ccc3c(c2)c2cc(-c4cncc(C#N)c4)ccc2n3-c2cccc3c2C(=O)N(c2c(-c4ccccc4)cc(-c4ccccc4)cc2-c2ccccc2)C3=O)c1. The highest BCUT2D eigenvalue weighted by Crippen LogP contribution is 2.47. The monoisotopic (exact) mass is 820 g/mol. The topological polar surface area (TPSA) is 96.2 Å². The molecule has 1 aliphatic rings. The third-order valence-electron chi connectivity index (χ3n) is 11.9. The molecule has 4 heterocycles. The number of carbonyl (C=O) groups is 2. The Balaban J connectivity index is 1.14. The number of aromatic nitrogens is 3. The van der Waals surface area contributed by atoms with E-state index in [4.69, 9.17) is 6.57 Å². The van der Waals surface area contributed by atoms with Gasteiger partial charge in [-0.1, -0.05) is 109 Å². The van der Waals surface area contributed by atoms with Gasteiger partial charge in [-0.2, -0.15) is 5.26 Å². The Morgan fingerprint density at radius 1 is 0.484 bits per heavy atom. The van der Waals surface area contributed by atoms with E-state index in [9.17, 15) is 5.26 Å². The molecule has 0 unspecified atom stereocenters. The summed E-state index contributed by atoms with van der Waals surface area (Å²) in [6.07, 6.45) is 6.54. The Hall–Kier alpha value is -9.24. The molecule has 0 atom stereocenters. The average Bonchev–Trinajstić information content (AvgIpc) is 3.83. The first-order chi connectivity index (χ1) is 31.5. The summed E-state index contributed by atoms with van der Waals surface area (Å²) in [6.45, 7) is 7.59. The van der Waals surface area contributed by atoms with Gasteiger partial charge in [-0.25, -0.2) is 9.74 Å². The van der Waals surface area contributed by atoms with E-state index in [1.165, 1.54) is 17.3 Å². The summed E-state index contributed by atoms with van der Waals surface area (Å²) < 4.78 is 2.05. The first-order valence-corrected chi connectivity index (χ1v) is 20.6. The van der Waals surface area contributed by atoms with Crippen LogP contribution in [0.3, 0.4) is 0 Å². The number of fused-ring (bicyclic) bond motifs is 4. The largest absolute Gasteiger partial charge is 0.308 e. The van der Waals surface area contributed by atoms with Crippen molar-refractivity contribution in [3.05, 3.63) is 223 Å². The molecule has 2 amide bonds. The van der Waals surface area contributed by atoms with Crippen LogP contribution in [0.4, 0.5) is 11.4 Å². The van der Waals surface area contributed by atoms with Crippen molar-refractivity contribution in [2.75, 3.05) is 4.90 Å². The summed E-state index contributed by atoms with van der Waals surface area (Å²) in [4.78, 5) is 44.3. The molecule has 1 aliphatic heterocycles. The van der Waals surface area contributed by atoms with Crippen LogP contribution in [-0.2, 0) is 0 Å². The summed E-state index contributed by atoms with van der Waals surface area (Å²) >= 11 is 0. The van der Waals surface area contributed by atoms with Crippen LogP contribution < -0.4 is 4.90 Å². The van der Waals surface area contributed by atoms with E-state index in [0.29, 0.717) is 33.8 Å². The van der Waals surface area contributed by atoms with Gasteiger partial charge in [0.05, 0.1) is 45.7 Å². The number of hydrogen-bond donors (Lipinski definition) is 0. The molecule has 0 bridgehead atoms. The van der Waals surface area contributed by atoms with Gasteiger partial charge in [-0.3, -0.25) is 19.6 Å². The molecular weight excluding hydrogens is 789 g/mol. The maximum Gasteiger partial charge on any atom is 0.268 e. The Bertz CT molecular complexity index is 3450. The van der Waals surface area contributed by atoms with Crippen LogP contribution in [0.1, 0.15) is 26.3 Å². The zero-order chi connectivity index (χ0) is 43.3. The van der Waals surface area contributed by atoms with Crippen LogP contribution in [0.5, 0.6) is 0 Å². The molecule has 0 spiro atoms. The molecular formula is C56H32N6O2. The quantitative estimate of drug-likeness (QED) is 0.118. The molecule has 298 valence electrons. The minimum atomic E-state index is -0.429. The summed E-state index contributed by atoms with van der Waals surface area (Å²) in [6, 6.07) is 57.4. The molecule has 10 aromatic rings. The minimum absolute atomic E-state index is 0.296. The van der Waals surface area contributed by atoms with Crippen molar-refractivity contribution < 1.29 is 9.59 Å². The fourth-order valence-electron chi connectivity index (χ4n) is 8.95. The van der Waals surface area contributed by atoms with Crippen molar-refractivity contribution in [3.8, 4) is 67.4 Å². The van der Waals surface area contributed by atoms with Crippen LogP contribution in [0.2, 0.25) is 0 Å². The van der Waals surface area contributed by atoms with E-state index in [1.807, 2.05) is 127 Å². The van der Waals surface area contributed by atoms with E-state index in [-0.39, 0.29) is 0 Å². The number of rotatable bonds is 7. The zero-order valence-corrected chi connectivity index (χ0v) is 34.0. The molecule has 8 heteroatoms. The average molecular weight is 821 g/mol. The van der Waals surface area contributed by atoms with Gasteiger partial charge in [0.15, 0.2) is 0 Å². The number of anilines is 1. The smallest absolute Gasteiger partial charge is 0.268 e. The van der Waals surface area contributed by atoms with E-state index in [0.717, 1.165) is 77.4 Å². The minimum Gasteiger partial charge on any atom is -0.308 e. The first-order valence-electron chi connectivity index (χ1n) is 20.6. The van der Waals surface area contributed by atoms with Gasteiger partial charge in [0.25, 0.3) is 11.8 Å². The lowest BCUT2D eigenvalue weighted by atomic mass is 9.90. The fraction of sp³-hybridized carbons (Fsp3) is 0. The molecule has 7 aromatic carbocycles. The van der Waals surface area contributed by atoms with Gasteiger partial charge in [0.1, 0.15) is 6.07 Å². The molecule has 64 heavy (non-hydrogen) atoms. The van der Waals surface area contributed by atoms with Gasteiger partial charge in [-0.15, -0.1) is 0 Å². The van der Waals surface area contributed by atoms with E-state index in [2.05, 4.69) is 61.8 Å². The van der Waals surface area contributed by atoms with Gasteiger partial charge in [0.2, 0.25) is 5.69 Å². The highest BCUT2D eigenvalue weighted by atomic mass is 16.2. The molecule has 0 saturated heterocycles. The van der Waals surface area contributed by atoms with Crippen LogP contribution in [0, 0.1) is 17.9 Å². The van der Waals surface area contributed by atoms with Gasteiger partial charge >= 0.3 is 0 Å². The van der Waals surface area contributed by atoms with Crippen molar-refractivity contribution >= 4 is 45.0 Å². The molecule has 11 rings (SSSR count). The maximum atomic E-state index is 15.5. The second-order valence-corrected chi connectivity index (χ2v) is 15.6. The number of carbonyl (C=O) groups excluding carboxylic acids is 2. The molecule has 0 aliphatic carbocycles. The Morgan fingerprint density at radius 3 is 1.62 bits per heavy atom. The molecule has 0 radical (unpaired) electrons. The van der Waals surface area contributed by atoms with Gasteiger partial charge in [0, 0.05) is 52.3 Å². The normalized spacial score (nSPS) is 12.1. The van der Waals surface area contributed by atoms with Crippen molar-refractivity contribution in [1.29, 1.82) is 5.26 Å². The highest BCUT2D eigenvalue weighted by molar-refractivity contribution is 6.37. The summed E-state index contributed by atoms with van der Waals surface area (Å²) in [5.41, 5.74) is 12.7. The van der Waals surface area contributed by atoms with Crippen LogP contribution >= 0.6 is 0 Å². The van der Waals surface area contributed by atoms with Crippen LogP contribution in [-0.4, -0.2) is 26.3 Å². The number of nitrogens with zero attached hydrogens (tertiary/aromatic N) is 6. The molecule has 3 aromatic heterocycles. The van der Waals surface area contributed by atoms with Gasteiger partial charge < -0.3 is 4.57 Å². The number of hydrogen-bond acceptors (Lipinski definition) is 5. The third-order valence-corrected chi connectivity index (χ3v) is 11.9. The molecule has 0 fully saturated rings. The van der Waals surface area contributed by atoms with Crippen LogP contribution in [0.15, 0.2) is 195 Å². The second-order valence-electron chi connectivity index (χ2n) is 15.6. The van der Waals surface area contributed by atoms with Gasteiger partial charge in [-0.05, 0) is 99.6 Å². The summed E-state index contributed by atoms with van der Waals surface area (Å²) in [7, 11) is 0. The van der Waals surface area contributed by atoms with E-state index >= 15 is 9.59 Å². The zero-order valence-electron chi connectivity index (χ0n) is 34.0. The van der Waals surface area contributed by atoms with Crippen molar-refractivity contribution in [3.63, 3.8) is 0 Å². The fourth-order valence-corrected chi connectivity index (χ4v) is 8.95. The molecule has 0 saturated carbocycles. The lowest BCUT2D eigenvalue weighted by Gasteiger charge is -2.24. The lowest BCUT2D eigenvalue weighted by Crippen LogP contribution is -2.30. The Labute approximate surface area is 368 Å². The second kappa shape index (κ2) is 15.3. The highest BCUT2D eigenvalue weighted by Gasteiger charge is 2.42. The van der Waals surface area contributed by atoms with E-state index < -0.39 is 11.8 Å². The molecule has 8 nitrogen and oxygen atoms in total. The standard InChI is InChI=1S/C56H32N6O2/c1-58-44-25-43(33-60-34-44)40-21-23-51-49(27-40)48-26-39(42-24-35(30-57)31-59-32-42)20-22-50(48)61(51)52-19-11-18-45-53(52)56(64)62(55(45)63)54-46(37-14-7-3-8-15-37)28-41(36-12-5-2-6-13-36)29-47(54)38-16-9-4-10-17-38/h2-29,31-34H. The summed E-state index contributed by atoms with van der Waals surface area (Å²) in [5, 5.41) is 11.4. The predicted octanol–water partition coefficient (Wildman–Crippen LogP) is 13.1. The van der Waals surface area contributed by atoms with E-state index in [1.54, 1.807) is 18.5 Å². The predicted molar refractivity (Wildman–Crippen MR) is 252 cm³/mol. The maximum absolute atomic E-state index is 15.5. The number of nitriles is 1. The first kappa shape index (κ1) is 37.7. The number of pyridine rings is 2. The number of amides is 2. The number of imide groups is 1. The molecule has 0 N–H and O–H groups in total. The Morgan fingerprint density at radius 2 is 1.05 bits per heavy atom. The van der Waals surface area contributed by atoms with Crippen molar-refractivity contribution in [1.82, 2.24) is 14.5 Å². The van der Waals surface area contributed by atoms with Crippen molar-refractivity contribution in [2.45, 2.75) is 0 Å². The number of benzene rings is 7. The summed E-state index contributed by atoms with van der Waals surface area (Å²) in [5.74, 6) is -0.840. The lowest BCUT2D eigenvalue weighted by molar-refractivity contribution is 0.0926. The Kier molecular flexibility index (Phi) is 9.05. The van der Waals surface area contributed by atoms with Crippen molar-refractivity contribution in [2.24, 2.45) is 0 Å². The van der Waals surface area contributed by atoms with Crippen LogP contribution in [0.25, 0.3) is 88.0 Å². The third kappa shape index (κ3) is 6.22.